The van der Waals surface area contributed by atoms with Crippen LogP contribution in [0, 0.1) is 5.92 Å². The van der Waals surface area contributed by atoms with Gasteiger partial charge in [0.1, 0.15) is 24.3 Å². The molecule has 4 heterocycles. The van der Waals surface area contributed by atoms with Gasteiger partial charge < -0.3 is 15.1 Å². The van der Waals surface area contributed by atoms with Gasteiger partial charge in [0.2, 0.25) is 11.8 Å². The molecule has 0 saturated carbocycles. The number of nitrogens with one attached hydrogen (secondary N) is 2. The smallest absolute Gasteiger partial charge is 0.405 e. The van der Waals surface area contributed by atoms with Crippen LogP contribution in [0.1, 0.15) is 23.8 Å². The van der Waals surface area contributed by atoms with Crippen molar-refractivity contribution in [3.05, 3.63) is 36.5 Å². The summed E-state index contributed by atoms with van der Waals surface area (Å²) in [5.74, 6) is -0.418. The zero-order chi connectivity index (χ0) is 23.8. The van der Waals surface area contributed by atoms with Crippen LogP contribution in [-0.2, 0) is 11.8 Å². The van der Waals surface area contributed by atoms with Crippen LogP contribution in [0.3, 0.4) is 0 Å². The Morgan fingerprint density at radius 3 is 2.85 bits per heavy atom. The van der Waals surface area contributed by atoms with Crippen molar-refractivity contribution in [2.45, 2.75) is 19.5 Å². The number of hydrogen-bond acceptors (Lipinski definition) is 7. The van der Waals surface area contributed by atoms with E-state index in [-0.39, 0.29) is 29.2 Å². The highest BCUT2D eigenvalue weighted by atomic mass is 19.4. The number of amides is 2. The summed E-state index contributed by atoms with van der Waals surface area (Å²) in [6.07, 6.45) is 0.308. The molecular formula is C20H20F3N7O3. The standard InChI is InChI=1S/C20H20F3N7O3/c1-11-4-6-30(19(11)32)16-13(8-29(2)28-16)26-17(31)14-9-33-18(27-14)12-3-5-24-15(7-12)25-10-20(21,22)23/h3,5,7-9,11H,4,6,10H2,1-2H3,(H,24,25)(H,26,31). The minimum atomic E-state index is -4.39. The zero-order valence-electron chi connectivity index (χ0n) is 17.7. The maximum Gasteiger partial charge on any atom is 0.405 e. The zero-order valence-corrected chi connectivity index (χ0v) is 17.7. The number of halogens is 3. The average molecular weight is 463 g/mol. The van der Waals surface area contributed by atoms with Crippen LogP contribution in [0.25, 0.3) is 11.5 Å². The summed E-state index contributed by atoms with van der Waals surface area (Å²) in [5.41, 5.74) is 0.632. The second-order valence-electron chi connectivity index (χ2n) is 7.61. The summed E-state index contributed by atoms with van der Waals surface area (Å²) >= 11 is 0. The minimum Gasteiger partial charge on any atom is -0.444 e. The number of nitrogens with zero attached hydrogens (tertiary/aromatic N) is 5. The van der Waals surface area contributed by atoms with E-state index in [1.807, 2.05) is 6.92 Å². The molecule has 1 aliphatic heterocycles. The number of pyridine rings is 1. The van der Waals surface area contributed by atoms with Gasteiger partial charge in [-0.15, -0.1) is 0 Å². The summed E-state index contributed by atoms with van der Waals surface area (Å²) in [5, 5.41) is 9.15. The van der Waals surface area contributed by atoms with E-state index < -0.39 is 18.6 Å². The number of alkyl halides is 3. The first-order valence-corrected chi connectivity index (χ1v) is 9.99. The Labute approximate surface area is 185 Å². The highest BCUT2D eigenvalue weighted by Gasteiger charge is 2.33. The van der Waals surface area contributed by atoms with Crippen LogP contribution in [0.5, 0.6) is 0 Å². The lowest BCUT2D eigenvalue weighted by Gasteiger charge is -2.15. The average Bonchev–Trinajstić information content (AvgIpc) is 3.46. The van der Waals surface area contributed by atoms with E-state index in [1.165, 1.54) is 27.9 Å². The molecule has 174 valence electrons. The van der Waals surface area contributed by atoms with Gasteiger partial charge in [-0.25, -0.2) is 9.97 Å². The first-order valence-electron chi connectivity index (χ1n) is 9.99. The van der Waals surface area contributed by atoms with Gasteiger partial charge in [0.05, 0.1) is 6.20 Å². The van der Waals surface area contributed by atoms with E-state index in [2.05, 4.69) is 25.7 Å². The third-order valence-corrected chi connectivity index (χ3v) is 5.00. The molecule has 0 spiro atoms. The van der Waals surface area contributed by atoms with Crippen molar-refractivity contribution in [1.82, 2.24) is 19.7 Å². The van der Waals surface area contributed by atoms with Gasteiger partial charge in [-0.3, -0.25) is 19.2 Å². The lowest BCUT2D eigenvalue weighted by atomic mass is 10.1. The Hall–Kier alpha value is -3.90. The minimum absolute atomic E-state index is 0.0152. The van der Waals surface area contributed by atoms with Crippen molar-refractivity contribution in [2.75, 3.05) is 28.6 Å². The molecule has 3 aromatic heterocycles. The van der Waals surface area contributed by atoms with Crippen LogP contribution >= 0.6 is 0 Å². The van der Waals surface area contributed by atoms with Gasteiger partial charge >= 0.3 is 6.18 Å². The molecule has 33 heavy (non-hydrogen) atoms. The van der Waals surface area contributed by atoms with Crippen molar-refractivity contribution in [1.29, 1.82) is 0 Å². The fourth-order valence-electron chi connectivity index (χ4n) is 3.34. The highest BCUT2D eigenvalue weighted by molar-refractivity contribution is 6.06. The molecule has 2 N–H and O–H groups in total. The predicted octanol–water partition coefficient (Wildman–Crippen LogP) is 3.07. The van der Waals surface area contributed by atoms with Crippen LogP contribution in [-0.4, -0.2) is 50.8 Å². The third kappa shape index (κ3) is 4.96. The fraction of sp³-hybridized carbons (Fsp3) is 0.350. The number of carbonyl (C=O) groups excluding carboxylic acids is 2. The maximum absolute atomic E-state index is 12.7. The van der Waals surface area contributed by atoms with E-state index in [0.29, 0.717) is 30.0 Å². The molecule has 3 aromatic rings. The number of oxazole rings is 1. The molecule has 0 bridgehead atoms. The summed E-state index contributed by atoms with van der Waals surface area (Å²) in [7, 11) is 1.67. The number of carbonyl (C=O) groups is 2. The molecule has 0 aliphatic carbocycles. The first-order chi connectivity index (χ1) is 15.6. The van der Waals surface area contributed by atoms with Gasteiger partial charge in [0, 0.05) is 31.3 Å². The van der Waals surface area contributed by atoms with E-state index in [1.54, 1.807) is 13.2 Å². The van der Waals surface area contributed by atoms with Crippen molar-refractivity contribution in [2.24, 2.45) is 13.0 Å². The topological polar surface area (TPSA) is 118 Å². The van der Waals surface area contributed by atoms with E-state index in [9.17, 15) is 22.8 Å². The highest BCUT2D eigenvalue weighted by Crippen LogP contribution is 2.30. The Morgan fingerprint density at radius 1 is 1.36 bits per heavy atom. The van der Waals surface area contributed by atoms with E-state index in [4.69, 9.17) is 4.42 Å². The summed E-state index contributed by atoms with van der Waals surface area (Å²) in [6.45, 7) is 1.10. The summed E-state index contributed by atoms with van der Waals surface area (Å²) in [4.78, 5) is 34.6. The molecule has 0 aromatic carbocycles. The third-order valence-electron chi connectivity index (χ3n) is 5.00. The first kappa shape index (κ1) is 22.3. The van der Waals surface area contributed by atoms with E-state index in [0.717, 1.165) is 6.26 Å². The molecule has 0 radical (unpaired) electrons. The second-order valence-corrected chi connectivity index (χ2v) is 7.61. The van der Waals surface area contributed by atoms with Gasteiger partial charge in [0.15, 0.2) is 11.5 Å². The Morgan fingerprint density at radius 2 is 2.15 bits per heavy atom. The maximum atomic E-state index is 12.7. The lowest BCUT2D eigenvalue weighted by Crippen LogP contribution is -2.28. The predicted molar refractivity (Wildman–Crippen MR) is 112 cm³/mol. The molecule has 2 amide bonds. The van der Waals surface area contributed by atoms with Crippen LogP contribution in [0.15, 0.2) is 35.2 Å². The fourth-order valence-corrected chi connectivity index (χ4v) is 3.34. The molecule has 1 saturated heterocycles. The van der Waals surface area contributed by atoms with Gasteiger partial charge in [-0.05, 0) is 18.6 Å². The molecule has 4 rings (SSSR count). The molecular weight excluding hydrogens is 443 g/mol. The summed E-state index contributed by atoms with van der Waals surface area (Å²) < 4.78 is 44.1. The normalized spacial score (nSPS) is 16.3. The number of hydrogen-bond donors (Lipinski definition) is 2. The van der Waals surface area contributed by atoms with Gasteiger partial charge in [-0.2, -0.15) is 18.3 Å². The lowest BCUT2D eigenvalue weighted by molar-refractivity contribution is -0.120. The second kappa shape index (κ2) is 8.56. The molecule has 13 heteroatoms. The Balaban J connectivity index is 1.49. The van der Waals surface area contributed by atoms with Crippen molar-refractivity contribution in [3.8, 4) is 11.5 Å². The number of rotatable bonds is 6. The van der Waals surface area contributed by atoms with Crippen LogP contribution < -0.4 is 15.5 Å². The molecule has 1 unspecified atom stereocenters. The Bertz CT molecular complexity index is 1190. The Kier molecular flexibility index (Phi) is 5.78. The number of aromatic nitrogens is 4. The van der Waals surface area contributed by atoms with Gasteiger partial charge in [-0.1, -0.05) is 6.92 Å². The molecule has 1 fully saturated rings. The van der Waals surface area contributed by atoms with Crippen LogP contribution in [0.2, 0.25) is 0 Å². The quantitative estimate of drug-likeness (QED) is 0.577. The van der Waals surface area contributed by atoms with Crippen molar-refractivity contribution < 1.29 is 27.2 Å². The molecule has 1 aliphatic rings. The van der Waals surface area contributed by atoms with Crippen molar-refractivity contribution in [3.63, 3.8) is 0 Å². The largest absolute Gasteiger partial charge is 0.444 e. The number of anilines is 3. The monoisotopic (exact) mass is 463 g/mol. The number of aryl methyl sites for hydroxylation is 1. The van der Waals surface area contributed by atoms with E-state index >= 15 is 0 Å². The molecule has 10 nitrogen and oxygen atoms in total. The van der Waals surface area contributed by atoms with Crippen molar-refractivity contribution >= 4 is 29.1 Å². The molecule has 1 atom stereocenters. The van der Waals surface area contributed by atoms with Gasteiger partial charge in [0.25, 0.3) is 5.91 Å². The van der Waals surface area contributed by atoms with Crippen LogP contribution in [0.4, 0.5) is 30.5 Å². The SMILES string of the molecule is CC1CCN(c2nn(C)cc2NC(=O)c2coc(-c3ccnc(NCC(F)(F)F)c3)n2)C1=O. The summed E-state index contributed by atoms with van der Waals surface area (Å²) in [6, 6.07) is 2.82.